The Morgan fingerprint density at radius 2 is 1.75 bits per heavy atom. The molecule has 0 fully saturated rings. The average Bonchev–Trinajstić information content (AvgIpc) is 2.48. The van der Waals surface area contributed by atoms with Crippen LogP contribution in [0.5, 0.6) is 0 Å². The lowest BCUT2D eigenvalue weighted by molar-refractivity contribution is 0.761. The Morgan fingerprint density at radius 1 is 0.950 bits per heavy atom. The quantitative estimate of drug-likeness (QED) is 0.657. The van der Waals surface area contributed by atoms with Crippen molar-refractivity contribution < 1.29 is 0 Å². The molecular weight excluding hydrogens is 310 g/mol. The molecule has 0 atom stereocenters. The summed E-state index contributed by atoms with van der Waals surface area (Å²) in [6.45, 7) is 4.32. The third-order valence-corrected chi connectivity index (χ3v) is 4.00. The molecule has 1 nitrogen and oxygen atoms in total. The second-order valence-corrected chi connectivity index (χ2v) is 5.90. The van der Waals surface area contributed by atoms with Gasteiger partial charge in [-0.2, -0.15) is 0 Å². The Hall–Kier alpha value is -1.28. The topological polar surface area (TPSA) is 3.24 Å². The zero-order valence-corrected chi connectivity index (χ0v) is 13.6. The van der Waals surface area contributed by atoms with Crippen LogP contribution < -0.4 is 4.90 Å². The molecule has 2 aromatic carbocycles. The summed E-state index contributed by atoms with van der Waals surface area (Å²) in [5, 5.41) is 1.06. The van der Waals surface area contributed by atoms with Crippen LogP contribution >= 0.6 is 15.9 Å². The predicted octanol–water partition coefficient (Wildman–Crippen LogP) is 4.83. The maximum atomic E-state index is 3.53. The smallest absolute Gasteiger partial charge is 0.0368 e. The van der Waals surface area contributed by atoms with Gasteiger partial charge in [0, 0.05) is 24.1 Å². The van der Waals surface area contributed by atoms with E-state index in [1.807, 2.05) is 0 Å². The van der Waals surface area contributed by atoms with Crippen LogP contribution in [0.15, 0.2) is 54.6 Å². The summed E-state index contributed by atoms with van der Waals surface area (Å²) in [4.78, 5) is 2.49. The highest BCUT2D eigenvalue weighted by atomic mass is 79.9. The van der Waals surface area contributed by atoms with Crippen molar-refractivity contribution in [1.29, 1.82) is 0 Å². The summed E-state index contributed by atoms with van der Waals surface area (Å²) in [5.41, 5.74) is 4.07. The van der Waals surface area contributed by atoms with E-state index >= 15 is 0 Å². The molecule has 0 aliphatic rings. The standard InChI is InChI=1S/C18H22BrN/c1-16-7-5-10-18(15-16)20(13-6-12-19)14-11-17-8-3-2-4-9-17/h2-5,7-10,15H,6,11-14H2,1H3. The largest absolute Gasteiger partial charge is 0.371 e. The van der Waals surface area contributed by atoms with Crippen molar-refractivity contribution in [3.8, 4) is 0 Å². The molecule has 20 heavy (non-hydrogen) atoms. The molecule has 0 aliphatic heterocycles. The first-order valence-electron chi connectivity index (χ1n) is 7.21. The lowest BCUT2D eigenvalue weighted by Gasteiger charge is -2.25. The molecule has 0 saturated carbocycles. The SMILES string of the molecule is Cc1cccc(N(CCCBr)CCc2ccccc2)c1. The second kappa shape index (κ2) is 8.11. The maximum Gasteiger partial charge on any atom is 0.0368 e. The number of alkyl halides is 1. The van der Waals surface area contributed by atoms with Gasteiger partial charge in [-0.25, -0.2) is 0 Å². The molecule has 2 aromatic rings. The van der Waals surface area contributed by atoms with Crippen molar-refractivity contribution in [3.63, 3.8) is 0 Å². The minimum atomic E-state index is 1.06. The van der Waals surface area contributed by atoms with Gasteiger partial charge in [-0.1, -0.05) is 58.4 Å². The van der Waals surface area contributed by atoms with Crippen molar-refractivity contribution in [1.82, 2.24) is 0 Å². The van der Waals surface area contributed by atoms with E-state index in [2.05, 4.69) is 82.4 Å². The Kier molecular flexibility index (Phi) is 6.13. The third kappa shape index (κ3) is 4.68. The molecule has 0 bridgehead atoms. The van der Waals surface area contributed by atoms with Crippen LogP contribution in [-0.4, -0.2) is 18.4 Å². The van der Waals surface area contributed by atoms with E-state index in [9.17, 15) is 0 Å². The lowest BCUT2D eigenvalue weighted by atomic mass is 10.1. The minimum absolute atomic E-state index is 1.06. The fraction of sp³-hybridized carbons (Fsp3) is 0.333. The Morgan fingerprint density at radius 3 is 2.45 bits per heavy atom. The van der Waals surface area contributed by atoms with Crippen LogP contribution in [-0.2, 0) is 6.42 Å². The van der Waals surface area contributed by atoms with E-state index in [1.54, 1.807) is 0 Å². The van der Waals surface area contributed by atoms with E-state index < -0.39 is 0 Å². The van der Waals surface area contributed by atoms with E-state index in [4.69, 9.17) is 0 Å². The molecule has 0 N–H and O–H groups in total. The number of anilines is 1. The van der Waals surface area contributed by atoms with Gasteiger partial charge in [0.15, 0.2) is 0 Å². The first-order chi connectivity index (χ1) is 9.79. The number of halogens is 1. The summed E-state index contributed by atoms with van der Waals surface area (Å²) < 4.78 is 0. The van der Waals surface area contributed by atoms with Crippen LogP contribution in [0.3, 0.4) is 0 Å². The first kappa shape index (κ1) is 15.1. The van der Waals surface area contributed by atoms with Crippen molar-refractivity contribution in [2.24, 2.45) is 0 Å². The molecule has 0 unspecified atom stereocenters. The summed E-state index contributed by atoms with van der Waals surface area (Å²) >= 11 is 3.53. The third-order valence-electron chi connectivity index (χ3n) is 3.44. The number of nitrogens with zero attached hydrogens (tertiary/aromatic N) is 1. The van der Waals surface area contributed by atoms with Crippen molar-refractivity contribution in [2.45, 2.75) is 19.8 Å². The van der Waals surface area contributed by atoms with Crippen LogP contribution in [0, 0.1) is 6.92 Å². The van der Waals surface area contributed by atoms with Gasteiger partial charge in [-0.3, -0.25) is 0 Å². The molecule has 0 spiro atoms. The highest BCUT2D eigenvalue weighted by Crippen LogP contribution is 2.17. The monoisotopic (exact) mass is 331 g/mol. The molecule has 0 radical (unpaired) electrons. The zero-order valence-electron chi connectivity index (χ0n) is 12.1. The molecule has 0 aliphatic carbocycles. The average molecular weight is 332 g/mol. The minimum Gasteiger partial charge on any atom is -0.371 e. The summed E-state index contributed by atoms with van der Waals surface area (Å²) in [7, 11) is 0. The molecule has 0 saturated heterocycles. The Balaban J connectivity index is 2.03. The van der Waals surface area contributed by atoms with Gasteiger partial charge in [-0.05, 0) is 43.0 Å². The number of aryl methyl sites for hydroxylation is 1. The van der Waals surface area contributed by atoms with Crippen LogP contribution in [0.25, 0.3) is 0 Å². The van der Waals surface area contributed by atoms with Crippen LogP contribution in [0.2, 0.25) is 0 Å². The number of hydrogen-bond acceptors (Lipinski definition) is 1. The zero-order chi connectivity index (χ0) is 14.2. The Bertz CT molecular complexity index is 510. The Labute approximate surface area is 130 Å². The molecule has 0 heterocycles. The summed E-state index contributed by atoms with van der Waals surface area (Å²) in [6.07, 6.45) is 2.26. The highest BCUT2D eigenvalue weighted by Gasteiger charge is 2.06. The molecule has 2 rings (SSSR count). The summed E-state index contributed by atoms with van der Waals surface area (Å²) in [5.74, 6) is 0. The number of rotatable bonds is 7. The van der Waals surface area contributed by atoms with Crippen molar-refractivity contribution in [3.05, 3.63) is 65.7 Å². The predicted molar refractivity (Wildman–Crippen MR) is 91.9 cm³/mol. The second-order valence-electron chi connectivity index (χ2n) is 5.10. The molecule has 106 valence electrons. The molecule has 2 heteroatoms. The van der Waals surface area contributed by atoms with Gasteiger partial charge in [0.2, 0.25) is 0 Å². The van der Waals surface area contributed by atoms with Crippen molar-refractivity contribution >= 4 is 21.6 Å². The van der Waals surface area contributed by atoms with E-state index in [0.717, 1.165) is 24.8 Å². The fourth-order valence-corrected chi connectivity index (χ4v) is 2.60. The number of benzene rings is 2. The normalized spacial score (nSPS) is 10.5. The van der Waals surface area contributed by atoms with Gasteiger partial charge in [-0.15, -0.1) is 0 Å². The number of hydrogen-bond donors (Lipinski definition) is 0. The van der Waals surface area contributed by atoms with E-state index in [-0.39, 0.29) is 0 Å². The molecule has 0 amide bonds. The van der Waals surface area contributed by atoms with Gasteiger partial charge in [0.05, 0.1) is 0 Å². The van der Waals surface area contributed by atoms with Gasteiger partial charge in [0.1, 0.15) is 0 Å². The summed E-state index contributed by atoms with van der Waals surface area (Å²) in [6, 6.07) is 19.5. The van der Waals surface area contributed by atoms with Crippen molar-refractivity contribution in [2.75, 3.05) is 23.3 Å². The first-order valence-corrected chi connectivity index (χ1v) is 8.33. The lowest BCUT2D eigenvalue weighted by Crippen LogP contribution is -2.27. The van der Waals surface area contributed by atoms with Gasteiger partial charge >= 0.3 is 0 Å². The molecule has 0 aromatic heterocycles. The van der Waals surface area contributed by atoms with Gasteiger partial charge < -0.3 is 4.90 Å². The van der Waals surface area contributed by atoms with Crippen LogP contribution in [0.1, 0.15) is 17.5 Å². The maximum absolute atomic E-state index is 3.53. The van der Waals surface area contributed by atoms with E-state index in [1.165, 1.54) is 23.2 Å². The van der Waals surface area contributed by atoms with E-state index in [0.29, 0.717) is 0 Å². The molecular formula is C18H22BrN. The van der Waals surface area contributed by atoms with Gasteiger partial charge in [0.25, 0.3) is 0 Å². The fourth-order valence-electron chi connectivity index (χ4n) is 2.35. The van der Waals surface area contributed by atoms with Crippen LogP contribution in [0.4, 0.5) is 5.69 Å². The highest BCUT2D eigenvalue weighted by molar-refractivity contribution is 9.09.